The zero-order valence-corrected chi connectivity index (χ0v) is 18.6. The summed E-state index contributed by atoms with van der Waals surface area (Å²) in [7, 11) is 0. The Morgan fingerprint density at radius 1 is 1.17 bits per heavy atom. The number of benzene rings is 1. The van der Waals surface area contributed by atoms with Crippen LogP contribution in [0.25, 0.3) is 11.3 Å². The Hall–Kier alpha value is -1.43. The van der Waals surface area contributed by atoms with Gasteiger partial charge in [-0.05, 0) is 67.6 Å². The van der Waals surface area contributed by atoms with Crippen LogP contribution in [0.1, 0.15) is 59.8 Å². The predicted octanol–water partition coefficient (Wildman–Crippen LogP) is 4.71. The van der Waals surface area contributed by atoms with E-state index in [0.29, 0.717) is 13.0 Å². The van der Waals surface area contributed by atoms with Gasteiger partial charge in [-0.3, -0.25) is 4.90 Å². The Labute approximate surface area is 182 Å². The molecule has 1 aliphatic heterocycles. The largest absolute Gasteiger partial charge is 0.396 e. The number of fused-ring (bicyclic) bond motifs is 1. The van der Waals surface area contributed by atoms with Gasteiger partial charge in [-0.25, -0.2) is 4.98 Å². The van der Waals surface area contributed by atoms with Crippen LogP contribution < -0.4 is 4.90 Å². The van der Waals surface area contributed by atoms with Crippen molar-refractivity contribution in [3.63, 3.8) is 0 Å². The molecule has 4 nitrogen and oxygen atoms in total. The number of aliphatic hydroxyl groups excluding tert-OH is 1. The van der Waals surface area contributed by atoms with Gasteiger partial charge in [-0.2, -0.15) is 0 Å². The van der Waals surface area contributed by atoms with E-state index in [1.165, 1.54) is 0 Å². The van der Waals surface area contributed by atoms with Gasteiger partial charge in [0, 0.05) is 46.5 Å². The van der Waals surface area contributed by atoms with Gasteiger partial charge in [0.05, 0.1) is 5.69 Å². The smallest absolute Gasteiger partial charge is 0.185 e. The lowest BCUT2D eigenvalue weighted by molar-refractivity contribution is 0.242. The molecule has 29 heavy (non-hydrogen) atoms. The maximum atomic E-state index is 8.91. The first-order valence-corrected chi connectivity index (χ1v) is 11.9. The number of piperazine rings is 1. The van der Waals surface area contributed by atoms with E-state index in [-0.39, 0.29) is 5.41 Å². The van der Waals surface area contributed by atoms with E-state index in [0.717, 1.165) is 85.9 Å². The van der Waals surface area contributed by atoms with Crippen LogP contribution in [0.4, 0.5) is 5.13 Å². The average Bonchev–Trinajstić information content (AvgIpc) is 3.25. The third-order valence-electron chi connectivity index (χ3n) is 6.38. The summed E-state index contributed by atoms with van der Waals surface area (Å²) in [6.07, 6.45) is 3.34. The van der Waals surface area contributed by atoms with Crippen LogP contribution in [0.3, 0.4) is 0 Å². The fourth-order valence-corrected chi connectivity index (χ4v) is 5.30. The average molecular weight is 416 g/mol. The summed E-state index contributed by atoms with van der Waals surface area (Å²) in [5, 5.41) is 12.1. The molecule has 1 fully saturated rings. The van der Waals surface area contributed by atoms with Gasteiger partial charge in [-0.15, -0.1) is 11.3 Å². The third kappa shape index (κ3) is 4.84. The molecule has 0 radical (unpaired) electrons. The first kappa shape index (κ1) is 18.3. The summed E-state index contributed by atoms with van der Waals surface area (Å²) in [6.45, 7) is 9.95. The number of aryl methyl sites for hydroxylation is 1. The van der Waals surface area contributed by atoms with Crippen LogP contribution in [0.5, 0.6) is 0 Å². The van der Waals surface area contributed by atoms with Gasteiger partial charge in [0.2, 0.25) is 0 Å². The van der Waals surface area contributed by atoms with Crippen molar-refractivity contribution < 1.29 is 7.85 Å². The number of aromatic nitrogens is 1. The molecule has 1 aromatic carbocycles. The van der Waals surface area contributed by atoms with Crippen molar-refractivity contribution in [2.75, 3.05) is 44.2 Å². The summed E-state index contributed by atoms with van der Waals surface area (Å²) in [5.41, 5.74) is 3.97. The number of unbranched alkanes of at least 4 members (excludes halogenated alkanes) is 2. The number of hydrogen-bond acceptors (Lipinski definition) is 5. The van der Waals surface area contributed by atoms with E-state index >= 15 is 0 Å². The highest BCUT2D eigenvalue weighted by Crippen LogP contribution is 2.39. The van der Waals surface area contributed by atoms with Crippen molar-refractivity contribution >= 4 is 16.5 Å². The third-order valence-corrected chi connectivity index (χ3v) is 7.28. The molecule has 0 amide bonds. The second-order valence-corrected chi connectivity index (χ2v) is 9.79. The molecule has 0 saturated carbocycles. The highest BCUT2D eigenvalue weighted by atomic mass is 32.1. The van der Waals surface area contributed by atoms with E-state index < -0.39 is 6.37 Å². The van der Waals surface area contributed by atoms with Gasteiger partial charge in [-0.1, -0.05) is 26.0 Å². The molecule has 4 rings (SSSR count). The molecule has 1 aromatic heterocycles. The number of aliphatic hydroxyl groups is 1. The minimum absolute atomic E-state index is 0.0183. The van der Waals surface area contributed by atoms with Gasteiger partial charge in [0.1, 0.15) is 0 Å². The molecule has 0 atom stereocenters. The highest BCUT2D eigenvalue weighted by Gasteiger charge is 2.27. The fraction of sp³-hybridized carbons (Fsp3) is 0.625. The van der Waals surface area contributed by atoms with E-state index in [1.807, 2.05) is 6.07 Å². The molecule has 2 aliphatic rings. The minimum atomic E-state index is -1.27. The summed E-state index contributed by atoms with van der Waals surface area (Å²) in [5.74, 6) is 0. The molecular formula is C24H35N3OS. The number of nitrogens with zero attached hydrogens (tertiary/aromatic N) is 3. The molecule has 0 unspecified atom stereocenters. The second-order valence-electron chi connectivity index (χ2n) is 8.95. The highest BCUT2D eigenvalue weighted by molar-refractivity contribution is 7.14. The van der Waals surface area contributed by atoms with E-state index in [1.54, 1.807) is 11.3 Å². The monoisotopic (exact) mass is 415 g/mol. The van der Waals surface area contributed by atoms with Crippen molar-refractivity contribution in [1.82, 2.24) is 9.88 Å². The second kappa shape index (κ2) is 9.15. The number of hydrogen-bond donors (Lipinski definition) is 1. The quantitative estimate of drug-likeness (QED) is 0.665. The summed E-state index contributed by atoms with van der Waals surface area (Å²) in [6, 6.07) is 6.28. The normalized spacial score (nSPS) is 22.1. The van der Waals surface area contributed by atoms with Crippen LogP contribution in [0.2, 0.25) is 0 Å². The molecular weight excluding hydrogens is 378 g/mol. The maximum absolute atomic E-state index is 8.91. The maximum Gasteiger partial charge on any atom is 0.185 e. The zero-order valence-electron chi connectivity index (χ0n) is 19.8. The van der Waals surface area contributed by atoms with Crippen molar-refractivity contribution in [2.24, 2.45) is 0 Å². The minimum Gasteiger partial charge on any atom is -0.396 e. The van der Waals surface area contributed by atoms with Crippen molar-refractivity contribution in [3.05, 3.63) is 34.7 Å². The van der Waals surface area contributed by atoms with Crippen molar-refractivity contribution in [3.8, 4) is 11.3 Å². The lowest BCUT2D eigenvalue weighted by Gasteiger charge is -2.34. The topological polar surface area (TPSA) is 39.6 Å². The number of rotatable bonds is 7. The predicted molar refractivity (Wildman–Crippen MR) is 123 cm³/mol. The Kier molecular flexibility index (Phi) is 5.79. The first-order valence-electron chi connectivity index (χ1n) is 12.0. The lowest BCUT2D eigenvalue weighted by Crippen LogP contribution is -2.46. The Bertz CT molecular complexity index is 891. The summed E-state index contributed by atoms with van der Waals surface area (Å²) >= 11 is 1.69. The molecule has 1 N–H and O–H groups in total. The van der Waals surface area contributed by atoms with Gasteiger partial charge in [0.15, 0.2) is 5.13 Å². The van der Waals surface area contributed by atoms with E-state index in [9.17, 15) is 0 Å². The van der Waals surface area contributed by atoms with Crippen LogP contribution >= 0.6 is 11.3 Å². The zero-order chi connectivity index (χ0) is 22.1. The summed E-state index contributed by atoms with van der Waals surface area (Å²) < 4.78 is 17.0. The van der Waals surface area contributed by atoms with Crippen LogP contribution in [-0.4, -0.2) is 54.3 Å². The molecule has 5 heteroatoms. The van der Waals surface area contributed by atoms with Crippen LogP contribution in [0.15, 0.2) is 23.6 Å². The summed E-state index contributed by atoms with van der Waals surface area (Å²) in [4.78, 5) is 9.81. The van der Waals surface area contributed by atoms with Crippen LogP contribution in [-0.2, 0) is 11.8 Å². The van der Waals surface area contributed by atoms with Gasteiger partial charge in [0.25, 0.3) is 0 Å². The molecule has 2 aromatic rings. The van der Waals surface area contributed by atoms with Crippen molar-refractivity contribution in [2.45, 2.75) is 57.7 Å². The first-order chi connectivity index (χ1) is 14.8. The van der Waals surface area contributed by atoms with Crippen molar-refractivity contribution in [1.29, 1.82) is 0 Å². The fourth-order valence-electron chi connectivity index (χ4n) is 4.41. The number of anilines is 1. The molecule has 0 bridgehead atoms. The molecule has 158 valence electrons. The SMILES string of the molecule is [2H]C1([2H])CCC(C)(C)c2ccc(-c3csc(N4CCN(CCCCCO)CC4)n3)cc21. The molecule has 1 saturated heterocycles. The van der Waals surface area contributed by atoms with E-state index in [2.05, 4.69) is 41.2 Å². The molecule has 1 aliphatic carbocycles. The van der Waals surface area contributed by atoms with E-state index in [4.69, 9.17) is 12.8 Å². The van der Waals surface area contributed by atoms with Crippen LogP contribution in [0, 0.1) is 0 Å². The lowest BCUT2D eigenvalue weighted by atomic mass is 9.72. The number of thiazole rings is 1. The molecule has 2 heterocycles. The van der Waals surface area contributed by atoms with Gasteiger partial charge < -0.3 is 10.0 Å². The molecule has 0 spiro atoms. The van der Waals surface area contributed by atoms with Gasteiger partial charge >= 0.3 is 0 Å². The Morgan fingerprint density at radius 2 is 2.00 bits per heavy atom. The Morgan fingerprint density at radius 3 is 2.79 bits per heavy atom. The standard InChI is InChI=1S/C24H35N3OS/c1-24(2)10-6-7-19-17-20(8-9-21(19)24)22-18-29-23(25-22)27-14-12-26(13-15-27)11-4-3-5-16-28/h8-9,17-18,28H,3-7,10-16H2,1-2H3/i7D2. The Balaban J connectivity index is 1.43.